The summed E-state index contributed by atoms with van der Waals surface area (Å²) < 4.78 is 0. The first-order chi connectivity index (χ1) is 8.21. The molecule has 1 aliphatic heterocycles. The number of rotatable bonds is 1. The van der Waals surface area contributed by atoms with Gasteiger partial charge in [0, 0.05) is 17.9 Å². The van der Waals surface area contributed by atoms with E-state index in [1.807, 2.05) is 29.2 Å². The Kier molecular flexibility index (Phi) is 2.24. The van der Waals surface area contributed by atoms with Crippen molar-refractivity contribution in [1.29, 1.82) is 0 Å². The molecule has 3 rings (SSSR count). The predicted molar refractivity (Wildman–Crippen MR) is 67.9 cm³/mol. The van der Waals surface area contributed by atoms with Gasteiger partial charge in [-0.3, -0.25) is 4.90 Å². The topological polar surface area (TPSA) is 58.4 Å². The maximum atomic E-state index is 12.1. The fourth-order valence-electron chi connectivity index (χ4n) is 2.92. The lowest BCUT2D eigenvalue weighted by atomic mass is 9.72. The van der Waals surface area contributed by atoms with Crippen molar-refractivity contribution in [2.75, 3.05) is 17.2 Å². The monoisotopic (exact) mass is 231 g/mol. The van der Waals surface area contributed by atoms with Crippen LogP contribution in [0.4, 0.5) is 16.2 Å². The molecule has 0 aromatic heterocycles. The molecule has 1 saturated heterocycles. The highest BCUT2D eigenvalue weighted by Crippen LogP contribution is 2.44. The van der Waals surface area contributed by atoms with Crippen molar-refractivity contribution in [2.24, 2.45) is 0 Å². The molecule has 1 aromatic carbocycles. The number of hydrogen-bond donors (Lipinski definition) is 2. The van der Waals surface area contributed by atoms with Crippen LogP contribution in [-0.4, -0.2) is 18.1 Å². The smallest absolute Gasteiger partial charge is 0.322 e. The van der Waals surface area contributed by atoms with E-state index in [1.165, 1.54) is 6.42 Å². The molecule has 0 radical (unpaired) electrons. The first-order valence-corrected chi connectivity index (χ1v) is 6.15. The van der Waals surface area contributed by atoms with Gasteiger partial charge in [0.15, 0.2) is 0 Å². The van der Waals surface area contributed by atoms with Crippen LogP contribution in [0.25, 0.3) is 0 Å². The molecule has 17 heavy (non-hydrogen) atoms. The summed E-state index contributed by atoms with van der Waals surface area (Å²) >= 11 is 0. The van der Waals surface area contributed by atoms with Crippen molar-refractivity contribution in [3.05, 3.63) is 24.3 Å². The standard InChI is InChI=1S/C13H17N3O/c14-10-3-1-4-11(9-10)16-12(17)15-8-7-13(16)5-2-6-13/h1,3-4,9H,2,5-8,14H2,(H,15,17). The third kappa shape index (κ3) is 1.55. The minimum atomic E-state index is 0.0153. The van der Waals surface area contributed by atoms with E-state index in [4.69, 9.17) is 5.73 Å². The van der Waals surface area contributed by atoms with Crippen LogP contribution in [0.1, 0.15) is 25.7 Å². The van der Waals surface area contributed by atoms with Crippen molar-refractivity contribution >= 4 is 17.4 Å². The molecule has 4 nitrogen and oxygen atoms in total. The maximum absolute atomic E-state index is 12.1. The molecular formula is C13H17N3O. The zero-order chi connectivity index (χ0) is 11.9. The van der Waals surface area contributed by atoms with Gasteiger partial charge in [-0.1, -0.05) is 6.07 Å². The molecule has 0 atom stereocenters. The molecule has 3 N–H and O–H groups in total. The molecule has 0 unspecified atom stereocenters. The van der Waals surface area contributed by atoms with Crippen molar-refractivity contribution in [2.45, 2.75) is 31.2 Å². The number of carbonyl (C=O) groups is 1. The summed E-state index contributed by atoms with van der Waals surface area (Å²) in [5.74, 6) is 0. The number of hydrogen-bond acceptors (Lipinski definition) is 2. The Balaban J connectivity index is 2.00. The highest BCUT2D eigenvalue weighted by molar-refractivity contribution is 5.95. The summed E-state index contributed by atoms with van der Waals surface area (Å²) in [4.78, 5) is 14.0. The lowest BCUT2D eigenvalue weighted by Gasteiger charge is -2.52. The van der Waals surface area contributed by atoms with Gasteiger partial charge in [-0.15, -0.1) is 0 Å². The number of urea groups is 1. The number of nitrogens with two attached hydrogens (primary N) is 1. The Morgan fingerprint density at radius 1 is 1.29 bits per heavy atom. The number of anilines is 2. The lowest BCUT2D eigenvalue weighted by molar-refractivity contribution is 0.178. The Labute approximate surface area is 101 Å². The second-order valence-corrected chi connectivity index (χ2v) is 4.99. The van der Waals surface area contributed by atoms with Gasteiger partial charge in [-0.2, -0.15) is 0 Å². The highest BCUT2D eigenvalue weighted by atomic mass is 16.2. The first-order valence-electron chi connectivity index (χ1n) is 6.15. The molecule has 4 heteroatoms. The summed E-state index contributed by atoms with van der Waals surface area (Å²) in [6.45, 7) is 0.789. The van der Waals surface area contributed by atoms with Gasteiger partial charge < -0.3 is 11.1 Å². The van der Waals surface area contributed by atoms with Gasteiger partial charge >= 0.3 is 6.03 Å². The zero-order valence-electron chi connectivity index (χ0n) is 9.78. The quantitative estimate of drug-likeness (QED) is 0.727. The number of nitrogen functional groups attached to an aromatic ring is 1. The van der Waals surface area contributed by atoms with E-state index in [0.717, 1.165) is 31.5 Å². The van der Waals surface area contributed by atoms with Gasteiger partial charge in [-0.05, 0) is 43.9 Å². The van der Waals surface area contributed by atoms with E-state index in [1.54, 1.807) is 0 Å². The van der Waals surface area contributed by atoms with Crippen LogP contribution in [0.15, 0.2) is 24.3 Å². The molecule has 1 saturated carbocycles. The molecule has 2 aliphatic rings. The second kappa shape index (κ2) is 3.65. The number of amides is 2. The maximum Gasteiger partial charge on any atom is 0.322 e. The average Bonchev–Trinajstić information content (AvgIpc) is 2.26. The Bertz CT molecular complexity index is 454. The molecule has 1 spiro atoms. The fraction of sp³-hybridized carbons (Fsp3) is 0.462. The molecule has 90 valence electrons. The van der Waals surface area contributed by atoms with Crippen molar-refractivity contribution in [3.8, 4) is 0 Å². The minimum Gasteiger partial charge on any atom is -0.399 e. The molecule has 2 amide bonds. The average molecular weight is 231 g/mol. The van der Waals surface area contributed by atoms with Crippen molar-refractivity contribution in [1.82, 2.24) is 5.32 Å². The summed E-state index contributed by atoms with van der Waals surface area (Å²) in [7, 11) is 0. The molecule has 1 aromatic rings. The summed E-state index contributed by atoms with van der Waals surface area (Å²) in [6, 6.07) is 7.60. The van der Waals surface area contributed by atoms with Gasteiger partial charge in [0.05, 0.1) is 5.54 Å². The summed E-state index contributed by atoms with van der Waals surface area (Å²) in [5.41, 5.74) is 7.47. The zero-order valence-corrected chi connectivity index (χ0v) is 9.78. The summed E-state index contributed by atoms with van der Waals surface area (Å²) in [5, 5.41) is 2.92. The Hall–Kier alpha value is -1.71. The number of benzene rings is 1. The number of nitrogens with one attached hydrogen (secondary N) is 1. The van der Waals surface area contributed by atoms with Crippen LogP contribution < -0.4 is 16.0 Å². The number of nitrogens with zero attached hydrogens (tertiary/aromatic N) is 1. The SMILES string of the molecule is Nc1cccc(N2C(=O)NCCC23CCC3)c1. The van der Waals surface area contributed by atoms with E-state index in [0.29, 0.717) is 5.69 Å². The van der Waals surface area contributed by atoms with Gasteiger partial charge in [0.2, 0.25) is 0 Å². The lowest BCUT2D eigenvalue weighted by Crippen LogP contribution is -2.64. The Morgan fingerprint density at radius 3 is 2.76 bits per heavy atom. The molecule has 2 fully saturated rings. The molecule has 1 aliphatic carbocycles. The van der Waals surface area contributed by atoms with E-state index in [2.05, 4.69) is 5.32 Å². The van der Waals surface area contributed by atoms with Crippen LogP contribution in [0, 0.1) is 0 Å². The van der Waals surface area contributed by atoms with Gasteiger partial charge in [0.25, 0.3) is 0 Å². The normalized spacial score (nSPS) is 22.1. The van der Waals surface area contributed by atoms with Crippen LogP contribution >= 0.6 is 0 Å². The van der Waals surface area contributed by atoms with Gasteiger partial charge in [-0.25, -0.2) is 4.79 Å². The van der Waals surface area contributed by atoms with Crippen LogP contribution in [0.5, 0.6) is 0 Å². The molecular weight excluding hydrogens is 214 g/mol. The molecule has 1 heterocycles. The van der Waals surface area contributed by atoms with E-state index in [-0.39, 0.29) is 11.6 Å². The predicted octanol–water partition coefficient (Wildman–Crippen LogP) is 2.11. The minimum absolute atomic E-state index is 0.0153. The second-order valence-electron chi connectivity index (χ2n) is 4.99. The largest absolute Gasteiger partial charge is 0.399 e. The van der Waals surface area contributed by atoms with E-state index in [9.17, 15) is 4.79 Å². The van der Waals surface area contributed by atoms with Gasteiger partial charge in [0.1, 0.15) is 0 Å². The van der Waals surface area contributed by atoms with Crippen molar-refractivity contribution in [3.63, 3.8) is 0 Å². The number of carbonyl (C=O) groups excluding carboxylic acids is 1. The highest BCUT2D eigenvalue weighted by Gasteiger charge is 2.47. The first kappa shape index (κ1) is 10.4. The van der Waals surface area contributed by atoms with Crippen molar-refractivity contribution < 1.29 is 4.79 Å². The Morgan fingerprint density at radius 2 is 2.12 bits per heavy atom. The van der Waals surface area contributed by atoms with Crippen LogP contribution in [-0.2, 0) is 0 Å². The third-order valence-corrected chi connectivity index (χ3v) is 3.96. The fourth-order valence-corrected chi connectivity index (χ4v) is 2.92. The third-order valence-electron chi connectivity index (χ3n) is 3.96. The van der Waals surface area contributed by atoms with Crippen LogP contribution in [0.2, 0.25) is 0 Å². The van der Waals surface area contributed by atoms with E-state index >= 15 is 0 Å². The summed E-state index contributed by atoms with van der Waals surface area (Å²) in [6.07, 6.45) is 4.46. The van der Waals surface area contributed by atoms with E-state index < -0.39 is 0 Å². The van der Waals surface area contributed by atoms with Crippen LogP contribution in [0.3, 0.4) is 0 Å². The molecule has 0 bridgehead atoms.